The van der Waals surface area contributed by atoms with E-state index in [1.807, 2.05) is 95.7 Å². The maximum Gasteiger partial charge on any atom is 0.171 e. The third-order valence-electron chi connectivity index (χ3n) is 4.24. The van der Waals surface area contributed by atoms with Crippen molar-refractivity contribution in [3.8, 4) is 5.69 Å². The van der Waals surface area contributed by atoms with Gasteiger partial charge in [-0.2, -0.15) is 0 Å². The Bertz CT molecular complexity index is 969. The van der Waals surface area contributed by atoms with Gasteiger partial charge in [0.15, 0.2) is 7.14 Å². The van der Waals surface area contributed by atoms with Crippen molar-refractivity contribution >= 4 is 23.1 Å². The Morgan fingerprint density at radius 1 is 0.720 bits per heavy atom. The van der Waals surface area contributed by atoms with Crippen LogP contribution in [0.25, 0.3) is 5.69 Å². The molecule has 0 atom stereocenters. The van der Waals surface area contributed by atoms with E-state index in [2.05, 4.69) is 4.98 Å². The summed E-state index contributed by atoms with van der Waals surface area (Å²) in [5, 5.41) is 2.49. The van der Waals surface area contributed by atoms with Crippen LogP contribution in [0.1, 0.15) is 0 Å². The van der Waals surface area contributed by atoms with Crippen molar-refractivity contribution < 1.29 is 4.57 Å². The van der Waals surface area contributed by atoms with E-state index in [0.717, 1.165) is 21.6 Å². The second-order valence-corrected chi connectivity index (χ2v) is 8.54. The van der Waals surface area contributed by atoms with Crippen LogP contribution in [0.2, 0.25) is 0 Å². The van der Waals surface area contributed by atoms with Crippen molar-refractivity contribution in [1.82, 2.24) is 9.55 Å². The molecule has 0 aliphatic rings. The minimum Gasteiger partial charge on any atom is -0.309 e. The summed E-state index contributed by atoms with van der Waals surface area (Å²) in [5.74, 6) is 0. The fourth-order valence-corrected chi connectivity index (χ4v) is 5.67. The number of hydrogen-bond acceptors (Lipinski definition) is 2. The van der Waals surface area contributed by atoms with E-state index >= 15 is 0 Å². The number of nitrogens with zero attached hydrogens (tertiary/aromatic N) is 2. The highest BCUT2D eigenvalue weighted by Crippen LogP contribution is 2.42. The fourth-order valence-electron chi connectivity index (χ4n) is 2.98. The Labute approximate surface area is 147 Å². The summed E-state index contributed by atoms with van der Waals surface area (Å²) in [6.45, 7) is 0. The largest absolute Gasteiger partial charge is 0.309 e. The topological polar surface area (TPSA) is 34.9 Å². The van der Waals surface area contributed by atoms with Gasteiger partial charge in [-0.1, -0.05) is 72.8 Å². The summed E-state index contributed by atoms with van der Waals surface area (Å²) in [5.41, 5.74) is 0.946. The molecule has 0 N–H and O–H groups in total. The maximum atomic E-state index is 14.3. The van der Waals surface area contributed by atoms with E-state index in [4.69, 9.17) is 0 Å². The Morgan fingerprint density at radius 3 is 1.88 bits per heavy atom. The van der Waals surface area contributed by atoms with Crippen molar-refractivity contribution in [2.24, 2.45) is 0 Å². The fraction of sp³-hybridized carbons (Fsp3) is 0. The molecule has 4 heteroatoms. The van der Waals surface area contributed by atoms with Gasteiger partial charge in [-0.3, -0.25) is 0 Å². The van der Waals surface area contributed by atoms with Gasteiger partial charge in [-0.05, 0) is 12.1 Å². The van der Waals surface area contributed by atoms with Crippen molar-refractivity contribution in [1.29, 1.82) is 0 Å². The minimum absolute atomic E-state index is 0.816. The SMILES string of the molecule is O=P(c1ccccc1)(c1ccccc1)c1cccc(-n2ccnc2)c1. The van der Waals surface area contributed by atoms with E-state index in [0.29, 0.717) is 0 Å². The van der Waals surface area contributed by atoms with Crippen molar-refractivity contribution in [2.75, 3.05) is 0 Å². The van der Waals surface area contributed by atoms with Gasteiger partial charge >= 0.3 is 0 Å². The lowest BCUT2D eigenvalue weighted by molar-refractivity contribution is 0.592. The summed E-state index contributed by atoms with van der Waals surface area (Å²) in [6, 6.07) is 27.3. The highest BCUT2D eigenvalue weighted by atomic mass is 31.2. The number of rotatable bonds is 4. The molecular formula is C21H17N2OP. The van der Waals surface area contributed by atoms with E-state index in [-0.39, 0.29) is 0 Å². The Balaban J connectivity index is 1.94. The zero-order valence-corrected chi connectivity index (χ0v) is 14.5. The molecule has 3 nitrogen and oxygen atoms in total. The van der Waals surface area contributed by atoms with Crippen molar-refractivity contribution in [3.05, 3.63) is 104 Å². The first-order valence-electron chi connectivity index (χ1n) is 8.09. The number of hydrogen-bond donors (Lipinski definition) is 0. The predicted molar refractivity (Wildman–Crippen MR) is 103 cm³/mol. The van der Waals surface area contributed by atoms with Crippen molar-refractivity contribution in [2.45, 2.75) is 0 Å². The van der Waals surface area contributed by atoms with Crippen LogP contribution in [0.4, 0.5) is 0 Å². The first-order chi connectivity index (χ1) is 12.3. The quantitative estimate of drug-likeness (QED) is 0.531. The van der Waals surface area contributed by atoms with Crippen LogP contribution in [0.3, 0.4) is 0 Å². The zero-order chi connectivity index (χ0) is 17.1. The van der Waals surface area contributed by atoms with E-state index in [9.17, 15) is 4.57 Å². The molecule has 4 aromatic rings. The van der Waals surface area contributed by atoms with E-state index < -0.39 is 7.14 Å². The van der Waals surface area contributed by atoms with E-state index in [1.54, 1.807) is 12.5 Å². The lowest BCUT2D eigenvalue weighted by atomic mass is 10.3. The van der Waals surface area contributed by atoms with Crippen LogP contribution in [0, 0.1) is 0 Å². The van der Waals surface area contributed by atoms with Crippen LogP contribution in [-0.2, 0) is 4.57 Å². The molecule has 0 aliphatic carbocycles. The molecule has 122 valence electrons. The van der Waals surface area contributed by atoms with Crippen LogP contribution < -0.4 is 15.9 Å². The molecule has 0 aliphatic heterocycles. The average Bonchev–Trinajstić information content (AvgIpc) is 3.24. The smallest absolute Gasteiger partial charge is 0.171 e. The summed E-state index contributed by atoms with van der Waals surface area (Å²) >= 11 is 0. The van der Waals surface area contributed by atoms with Gasteiger partial charge in [0, 0.05) is 34.0 Å². The molecule has 0 radical (unpaired) electrons. The molecule has 0 bridgehead atoms. The van der Waals surface area contributed by atoms with Gasteiger partial charge in [0.2, 0.25) is 0 Å². The predicted octanol–water partition coefficient (Wildman–Crippen LogP) is 3.51. The first-order valence-corrected chi connectivity index (χ1v) is 9.79. The van der Waals surface area contributed by atoms with E-state index in [1.165, 1.54) is 0 Å². The molecule has 4 rings (SSSR count). The van der Waals surface area contributed by atoms with Crippen LogP contribution in [-0.4, -0.2) is 9.55 Å². The molecule has 3 aromatic carbocycles. The Morgan fingerprint density at radius 2 is 1.32 bits per heavy atom. The molecule has 1 aromatic heterocycles. The normalized spacial score (nSPS) is 11.4. The highest BCUT2D eigenvalue weighted by molar-refractivity contribution is 7.85. The number of aromatic nitrogens is 2. The van der Waals surface area contributed by atoms with Gasteiger partial charge < -0.3 is 9.13 Å². The van der Waals surface area contributed by atoms with Gasteiger partial charge in [0.05, 0.1) is 6.33 Å². The summed E-state index contributed by atoms with van der Waals surface area (Å²) in [4.78, 5) is 4.10. The standard InChI is InChI=1S/C21H17N2OP/c24-25(19-9-3-1-4-10-19,20-11-5-2-6-12-20)21-13-7-8-18(16-21)23-15-14-22-17-23/h1-17H. The lowest BCUT2D eigenvalue weighted by Gasteiger charge is -2.20. The maximum absolute atomic E-state index is 14.3. The Kier molecular flexibility index (Phi) is 4.09. The summed E-state index contributed by atoms with van der Waals surface area (Å²) < 4.78 is 16.2. The second kappa shape index (κ2) is 6.54. The molecule has 0 spiro atoms. The highest BCUT2D eigenvalue weighted by Gasteiger charge is 2.29. The van der Waals surface area contributed by atoms with Crippen LogP contribution in [0.5, 0.6) is 0 Å². The second-order valence-electron chi connectivity index (χ2n) is 5.77. The van der Waals surface area contributed by atoms with Gasteiger partial charge in [-0.25, -0.2) is 4.98 Å². The molecular weight excluding hydrogens is 327 g/mol. The van der Waals surface area contributed by atoms with Crippen LogP contribution >= 0.6 is 7.14 Å². The van der Waals surface area contributed by atoms with Crippen molar-refractivity contribution in [3.63, 3.8) is 0 Å². The summed E-state index contributed by atoms with van der Waals surface area (Å²) in [7, 11) is -2.94. The molecule has 1 heterocycles. The molecule has 0 saturated carbocycles. The van der Waals surface area contributed by atoms with Gasteiger partial charge in [0.1, 0.15) is 0 Å². The first kappa shape index (κ1) is 15.6. The van der Waals surface area contributed by atoms with Crippen LogP contribution in [0.15, 0.2) is 104 Å². The zero-order valence-electron chi connectivity index (χ0n) is 13.6. The third-order valence-corrected chi connectivity index (χ3v) is 7.29. The monoisotopic (exact) mass is 344 g/mol. The average molecular weight is 344 g/mol. The van der Waals surface area contributed by atoms with Gasteiger partial charge in [-0.15, -0.1) is 0 Å². The molecule has 25 heavy (non-hydrogen) atoms. The molecule has 0 saturated heterocycles. The number of imidazole rings is 1. The lowest BCUT2D eigenvalue weighted by Crippen LogP contribution is -2.25. The third kappa shape index (κ3) is 2.84. The number of benzene rings is 3. The molecule has 0 amide bonds. The molecule has 0 fully saturated rings. The Hall–Kier alpha value is -2.90. The summed E-state index contributed by atoms with van der Waals surface area (Å²) in [6.07, 6.45) is 5.37. The minimum atomic E-state index is -2.94. The molecule has 0 unspecified atom stereocenters. The van der Waals surface area contributed by atoms with Gasteiger partial charge in [0.25, 0.3) is 0 Å².